The third kappa shape index (κ3) is 4.79. The largest absolute Gasteiger partial charge is 0.497 e. The van der Waals surface area contributed by atoms with Gasteiger partial charge in [0.05, 0.1) is 7.11 Å². The summed E-state index contributed by atoms with van der Waals surface area (Å²) in [5.74, 6) is -0.0403. The molecule has 0 radical (unpaired) electrons. The Kier molecular flexibility index (Phi) is 6.40. The van der Waals surface area contributed by atoms with Crippen LogP contribution in [0.5, 0.6) is 5.75 Å². The standard InChI is InChI=1S/C23H27N3O4/c1-4-16-6-5-7-18(14-16)24-20(27)15-26-21(28)23(2,25-22(26)29)13-12-17-8-10-19(30-3)11-9-17/h5-11,14H,4,12-13,15H2,1-3H3,(H,24,27)(H,25,29)/t23-/m1/s1. The first-order chi connectivity index (χ1) is 14.3. The Hall–Kier alpha value is -3.35. The molecule has 0 spiro atoms. The number of benzene rings is 2. The van der Waals surface area contributed by atoms with E-state index >= 15 is 0 Å². The van der Waals surface area contributed by atoms with Gasteiger partial charge in [0.25, 0.3) is 5.91 Å². The maximum atomic E-state index is 12.9. The highest BCUT2D eigenvalue weighted by atomic mass is 16.5. The van der Waals surface area contributed by atoms with E-state index in [1.54, 1.807) is 20.1 Å². The quantitative estimate of drug-likeness (QED) is 0.656. The van der Waals surface area contributed by atoms with Gasteiger partial charge in [0.15, 0.2) is 0 Å². The molecule has 3 rings (SSSR count). The van der Waals surface area contributed by atoms with Crippen LogP contribution in [0.15, 0.2) is 48.5 Å². The van der Waals surface area contributed by atoms with Crippen molar-refractivity contribution in [2.24, 2.45) is 0 Å². The Labute approximate surface area is 176 Å². The Morgan fingerprint density at radius 2 is 1.87 bits per heavy atom. The van der Waals surface area contributed by atoms with Gasteiger partial charge in [-0.25, -0.2) is 4.79 Å². The molecular formula is C23H27N3O4. The highest BCUT2D eigenvalue weighted by Gasteiger charge is 2.47. The van der Waals surface area contributed by atoms with Gasteiger partial charge in [0.2, 0.25) is 5.91 Å². The summed E-state index contributed by atoms with van der Waals surface area (Å²) >= 11 is 0. The number of nitrogens with zero attached hydrogens (tertiary/aromatic N) is 1. The summed E-state index contributed by atoms with van der Waals surface area (Å²) in [7, 11) is 1.61. The van der Waals surface area contributed by atoms with E-state index < -0.39 is 23.4 Å². The first kappa shape index (κ1) is 21.4. The number of carbonyl (C=O) groups is 3. The molecule has 30 heavy (non-hydrogen) atoms. The maximum Gasteiger partial charge on any atom is 0.325 e. The lowest BCUT2D eigenvalue weighted by atomic mass is 9.93. The summed E-state index contributed by atoms with van der Waals surface area (Å²) in [6.45, 7) is 3.40. The van der Waals surface area contributed by atoms with Crippen molar-refractivity contribution >= 4 is 23.5 Å². The number of amides is 4. The van der Waals surface area contributed by atoms with Crippen LogP contribution < -0.4 is 15.4 Å². The SMILES string of the molecule is CCc1cccc(NC(=O)CN2C(=O)N[C@](C)(CCc3ccc(OC)cc3)C2=O)c1. The maximum absolute atomic E-state index is 12.9. The minimum Gasteiger partial charge on any atom is -0.497 e. The number of imide groups is 1. The number of rotatable bonds is 8. The van der Waals surface area contributed by atoms with E-state index in [1.165, 1.54) is 0 Å². The molecule has 2 aromatic carbocycles. The van der Waals surface area contributed by atoms with E-state index in [4.69, 9.17) is 4.74 Å². The molecule has 2 aromatic rings. The first-order valence-electron chi connectivity index (χ1n) is 10.0. The third-order valence-electron chi connectivity index (χ3n) is 5.34. The molecule has 1 saturated heterocycles. The monoisotopic (exact) mass is 409 g/mol. The molecule has 7 nitrogen and oxygen atoms in total. The molecule has 1 heterocycles. The van der Waals surface area contributed by atoms with E-state index in [1.807, 2.05) is 49.4 Å². The summed E-state index contributed by atoms with van der Waals surface area (Å²) in [4.78, 5) is 38.7. The lowest BCUT2D eigenvalue weighted by Gasteiger charge is -2.21. The number of ether oxygens (including phenoxy) is 1. The zero-order valence-corrected chi connectivity index (χ0v) is 17.5. The van der Waals surface area contributed by atoms with Crippen molar-refractivity contribution < 1.29 is 19.1 Å². The van der Waals surface area contributed by atoms with E-state index in [2.05, 4.69) is 10.6 Å². The zero-order chi connectivity index (χ0) is 21.7. The minimum atomic E-state index is -1.04. The van der Waals surface area contributed by atoms with Gasteiger partial charge < -0.3 is 15.4 Å². The van der Waals surface area contributed by atoms with Crippen molar-refractivity contribution in [3.8, 4) is 5.75 Å². The van der Waals surface area contributed by atoms with Gasteiger partial charge in [0.1, 0.15) is 17.8 Å². The molecule has 1 fully saturated rings. The fourth-order valence-corrected chi connectivity index (χ4v) is 3.46. The number of hydrogen-bond donors (Lipinski definition) is 2. The molecule has 4 amide bonds. The van der Waals surface area contributed by atoms with Gasteiger partial charge >= 0.3 is 6.03 Å². The highest BCUT2D eigenvalue weighted by Crippen LogP contribution is 2.24. The van der Waals surface area contributed by atoms with Gasteiger partial charge in [0, 0.05) is 5.69 Å². The van der Waals surface area contributed by atoms with E-state index in [9.17, 15) is 14.4 Å². The van der Waals surface area contributed by atoms with Gasteiger partial charge in [-0.05, 0) is 61.6 Å². The van der Waals surface area contributed by atoms with Crippen molar-refractivity contribution in [3.63, 3.8) is 0 Å². The summed E-state index contributed by atoms with van der Waals surface area (Å²) in [5, 5.41) is 5.50. The molecule has 0 aromatic heterocycles. The van der Waals surface area contributed by atoms with Crippen LogP contribution in [0.4, 0.5) is 10.5 Å². The Morgan fingerprint density at radius 1 is 1.13 bits per heavy atom. The van der Waals surface area contributed by atoms with Crippen molar-refractivity contribution in [1.29, 1.82) is 0 Å². The molecule has 1 atom stereocenters. The predicted molar refractivity (Wildman–Crippen MR) is 114 cm³/mol. The van der Waals surface area contributed by atoms with E-state index in [0.29, 0.717) is 18.5 Å². The fourth-order valence-electron chi connectivity index (χ4n) is 3.46. The Balaban J connectivity index is 1.60. The second kappa shape index (κ2) is 8.98. The highest BCUT2D eigenvalue weighted by molar-refractivity contribution is 6.09. The number of nitrogens with one attached hydrogen (secondary N) is 2. The molecule has 158 valence electrons. The van der Waals surface area contributed by atoms with Gasteiger partial charge in [-0.15, -0.1) is 0 Å². The second-order valence-corrected chi connectivity index (χ2v) is 7.60. The normalized spacial score (nSPS) is 18.3. The van der Waals surface area contributed by atoms with Crippen LogP contribution in [0.1, 0.15) is 31.4 Å². The first-order valence-corrected chi connectivity index (χ1v) is 10.0. The minimum absolute atomic E-state index is 0.320. The summed E-state index contributed by atoms with van der Waals surface area (Å²) in [6.07, 6.45) is 1.89. The van der Waals surface area contributed by atoms with Crippen molar-refractivity contribution in [2.45, 2.75) is 38.6 Å². The van der Waals surface area contributed by atoms with E-state index in [-0.39, 0.29) is 6.54 Å². The smallest absolute Gasteiger partial charge is 0.325 e. The lowest BCUT2D eigenvalue weighted by molar-refractivity contribution is -0.133. The number of methoxy groups -OCH3 is 1. The average molecular weight is 409 g/mol. The van der Waals surface area contributed by atoms with Crippen molar-refractivity contribution in [2.75, 3.05) is 19.0 Å². The zero-order valence-electron chi connectivity index (χ0n) is 17.5. The summed E-state index contributed by atoms with van der Waals surface area (Å²) < 4.78 is 5.15. The molecular weight excluding hydrogens is 382 g/mol. The van der Waals surface area contributed by atoms with Crippen LogP contribution >= 0.6 is 0 Å². The van der Waals surface area contributed by atoms with Crippen molar-refractivity contribution in [1.82, 2.24) is 10.2 Å². The number of aryl methyl sites for hydroxylation is 2. The average Bonchev–Trinajstić information content (AvgIpc) is 2.96. The van der Waals surface area contributed by atoms with Crippen molar-refractivity contribution in [3.05, 3.63) is 59.7 Å². The molecule has 0 aliphatic carbocycles. The van der Waals surface area contributed by atoms with Crippen LogP contribution in [0.2, 0.25) is 0 Å². The molecule has 0 bridgehead atoms. The number of hydrogen-bond acceptors (Lipinski definition) is 4. The predicted octanol–water partition coefficient (Wildman–Crippen LogP) is 3.14. The Morgan fingerprint density at radius 3 is 2.53 bits per heavy atom. The van der Waals surface area contributed by atoms with E-state index in [0.717, 1.165) is 28.2 Å². The summed E-state index contributed by atoms with van der Waals surface area (Å²) in [5.41, 5.74) is 1.73. The summed E-state index contributed by atoms with van der Waals surface area (Å²) in [6, 6.07) is 14.5. The number of carbonyl (C=O) groups excluding carboxylic acids is 3. The molecule has 2 N–H and O–H groups in total. The van der Waals surface area contributed by atoms with Crippen LogP contribution in [0.3, 0.4) is 0 Å². The van der Waals surface area contributed by atoms with Gasteiger partial charge in [-0.2, -0.15) is 0 Å². The number of anilines is 1. The topological polar surface area (TPSA) is 87.7 Å². The molecule has 0 saturated carbocycles. The Bertz CT molecular complexity index is 942. The van der Waals surface area contributed by atoms with Crippen LogP contribution in [0, 0.1) is 0 Å². The number of urea groups is 1. The van der Waals surface area contributed by atoms with Crippen LogP contribution in [-0.4, -0.2) is 41.9 Å². The van der Waals surface area contributed by atoms with Gasteiger partial charge in [-0.1, -0.05) is 31.2 Å². The molecule has 1 aliphatic rings. The van der Waals surface area contributed by atoms with Crippen LogP contribution in [-0.2, 0) is 22.4 Å². The molecule has 7 heteroatoms. The van der Waals surface area contributed by atoms with Crippen LogP contribution in [0.25, 0.3) is 0 Å². The lowest BCUT2D eigenvalue weighted by Crippen LogP contribution is -2.45. The molecule has 0 unspecified atom stereocenters. The third-order valence-corrected chi connectivity index (χ3v) is 5.34. The van der Waals surface area contributed by atoms with Gasteiger partial charge in [-0.3, -0.25) is 14.5 Å². The fraction of sp³-hybridized carbons (Fsp3) is 0.348. The second-order valence-electron chi connectivity index (χ2n) is 7.60. The molecule has 1 aliphatic heterocycles.